The molecule has 32 heavy (non-hydrogen) atoms. The molecular weight excluding hydrogens is 425 g/mol. The average Bonchev–Trinajstić information content (AvgIpc) is 3.20. The number of alkyl halides is 3. The van der Waals surface area contributed by atoms with Crippen LogP contribution in [-0.2, 0) is 17.5 Å². The second kappa shape index (κ2) is 7.77. The van der Waals surface area contributed by atoms with Gasteiger partial charge in [0, 0.05) is 26.5 Å². The Morgan fingerprint density at radius 3 is 2.62 bits per heavy atom. The number of aromatic nitrogens is 5. The lowest BCUT2D eigenvalue weighted by Crippen LogP contribution is -2.45. The van der Waals surface area contributed by atoms with Gasteiger partial charge in [-0.1, -0.05) is 6.07 Å². The number of hydrogen-bond acceptors (Lipinski definition) is 7. The van der Waals surface area contributed by atoms with Crippen LogP contribution in [0.4, 0.5) is 36.3 Å². The van der Waals surface area contributed by atoms with E-state index in [1.165, 1.54) is 12.3 Å². The maximum Gasteiger partial charge on any atom is 0.433 e. The summed E-state index contributed by atoms with van der Waals surface area (Å²) in [4.78, 5) is 28.2. The highest BCUT2D eigenvalue weighted by atomic mass is 19.4. The van der Waals surface area contributed by atoms with Crippen LogP contribution in [-0.4, -0.2) is 50.8 Å². The number of rotatable bonds is 4. The summed E-state index contributed by atoms with van der Waals surface area (Å²) in [6, 6.07) is 1.96. The molecule has 9 nitrogen and oxygen atoms in total. The third-order valence-corrected chi connectivity index (χ3v) is 5.37. The number of likely N-dealkylation sites (N-methyl/N-ethyl adjacent to an activating group) is 1. The van der Waals surface area contributed by atoms with Gasteiger partial charge in [-0.05, 0) is 25.5 Å². The van der Waals surface area contributed by atoms with E-state index in [1.54, 1.807) is 54.8 Å². The highest BCUT2D eigenvalue weighted by Crippen LogP contribution is 2.34. The van der Waals surface area contributed by atoms with E-state index in [2.05, 4.69) is 25.4 Å². The average molecular weight is 446 g/mol. The van der Waals surface area contributed by atoms with Crippen molar-refractivity contribution in [1.82, 2.24) is 24.7 Å². The van der Waals surface area contributed by atoms with Crippen molar-refractivity contribution in [3.05, 3.63) is 47.7 Å². The number of anilines is 4. The van der Waals surface area contributed by atoms with Gasteiger partial charge >= 0.3 is 6.18 Å². The Labute approximate surface area is 181 Å². The molecule has 0 fully saturated rings. The first-order valence-corrected chi connectivity index (χ1v) is 9.75. The second-order valence-corrected chi connectivity index (χ2v) is 7.59. The van der Waals surface area contributed by atoms with Gasteiger partial charge in [-0.15, -0.1) is 0 Å². The summed E-state index contributed by atoms with van der Waals surface area (Å²) in [5.41, 5.74) is 1.56. The first-order chi connectivity index (χ1) is 15.0. The lowest BCUT2D eigenvalue weighted by Gasteiger charge is -2.33. The molecule has 0 aromatic carbocycles. The zero-order valence-electron chi connectivity index (χ0n) is 17.8. The predicted molar refractivity (Wildman–Crippen MR) is 112 cm³/mol. The molecule has 1 N–H and O–H groups in total. The molecule has 1 aliphatic rings. The molecule has 1 atom stereocenters. The van der Waals surface area contributed by atoms with Crippen molar-refractivity contribution in [3.63, 3.8) is 0 Å². The van der Waals surface area contributed by atoms with Crippen LogP contribution in [0, 0.1) is 6.92 Å². The molecule has 0 saturated heterocycles. The van der Waals surface area contributed by atoms with Crippen molar-refractivity contribution in [3.8, 4) is 0 Å². The monoisotopic (exact) mass is 446 g/mol. The number of nitrogens with one attached hydrogen (secondary N) is 1. The quantitative estimate of drug-likeness (QED) is 0.659. The number of pyridine rings is 1. The van der Waals surface area contributed by atoms with Gasteiger partial charge in [0.2, 0.25) is 11.9 Å². The molecular formula is C20H21F3N8O. The molecule has 0 radical (unpaired) electrons. The topological polar surface area (TPSA) is 92.1 Å². The molecule has 0 bridgehead atoms. The molecule has 168 valence electrons. The van der Waals surface area contributed by atoms with Crippen LogP contribution in [0.2, 0.25) is 0 Å². The lowest BCUT2D eigenvalue weighted by molar-refractivity contribution is -0.141. The summed E-state index contributed by atoms with van der Waals surface area (Å²) in [6.07, 6.45) is 0.0740. The van der Waals surface area contributed by atoms with Gasteiger partial charge in [0.25, 0.3) is 0 Å². The van der Waals surface area contributed by atoms with E-state index in [0.29, 0.717) is 34.4 Å². The van der Waals surface area contributed by atoms with Crippen molar-refractivity contribution in [2.45, 2.75) is 32.6 Å². The van der Waals surface area contributed by atoms with E-state index in [1.807, 2.05) is 0 Å². The number of fused-ring (bicyclic) bond motifs is 1. The van der Waals surface area contributed by atoms with Gasteiger partial charge in [0.05, 0.1) is 24.1 Å². The van der Waals surface area contributed by atoms with Crippen molar-refractivity contribution in [1.29, 1.82) is 0 Å². The number of carbonyl (C=O) groups excluding carboxylic acids is 1. The highest BCUT2D eigenvalue weighted by molar-refractivity contribution is 6.03. The first kappa shape index (κ1) is 21.5. The number of carbonyl (C=O) groups is 1. The van der Waals surface area contributed by atoms with Crippen LogP contribution >= 0.6 is 0 Å². The summed E-state index contributed by atoms with van der Waals surface area (Å²) < 4.78 is 39.6. The zero-order valence-corrected chi connectivity index (χ0v) is 17.8. The summed E-state index contributed by atoms with van der Waals surface area (Å²) in [5, 5.41) is 7.12. The van der Waals surface area contributed by atoms with E-state index >= 15 is 0 Å². The zero-order chi connectivity index (χ0) is 23.2. The minimum atomic E-state index is -4.47. The fourth-order valence-electron chi connectivity index (χ4n) is 3.28. The van der Waals surface area contributed by atoms with Crippen LogP contribution in [0.5, 0.6) is 0 Å². The van der Waals surface area contributed by atoms with Crippen molar-refractivity contribution in [2.24, 2.45) is 0 Å². The summed E-state index contributed by atoms with van der Waals surface area (Å²) >= 11 is 0. The molecule has 0 saturated carbocycles. The van der Waals surface area contributed by atoms with E-state index < -0.39 is 11.9 Å². The molecule has 3 aromatic heterocycles. The van der Waals surface area contributed by atoms with Crippen LogP contribution in [0.15, 0.2) is 30.7 Å². The molecule has 0 aliphatic carbocycles. The van der Waals surface area contributed by atoms with Crippen molar-refractivity contribution >= 4 is 29.0 Å². The molecule has 3 aromatic rings. The molecule has 0 unspecified atom stereocenters. The first-order valence-electron chi connectivity index (χ1n) is 9.75. The van der Waals surface area contributed by atoms with Gasteiger partial charge in [-0.3, -0.25) is 14.5 Å². The Hall–Kier alpha value is -3.70. The molecule has 4 rings (SSSR count). The minimum absolute atomic E-state index is 0.119. The van der Waals surface area contributed by atoms with E-state index in [0.717, 1.165) is 6.07 Å². The third-order valence-electron chi connectivity index (χ3n) is 5.37. The van der Waals surface area contributed by atoms with Gasteiger partial charge in [0.1, 0.15) is 17.4 Å². The molecule has 12 heteroatoms. The molecule has 1 amide bonds. The number of hydrogen-bond donors (Lipinski definition) is 1. The highest BCUT2D eigenvalue weighted by Gasteiger charge is 2.32. The molecule has 4 heterocycles. The maximum absolute atomic E-state index is 12.7. The summed E-state index contributed by atoms with van der Waals surface area (Å²) in [6.45, 7) is 3.84. The second-order valence-electron chi connectivity index (χ2n) is 7.59. The third kappa shape index (κ3) is 3.95. The van der Waals surface area contributed by atoms with E-state index in [-0.39, 0.29) is 18.5 Å². The SMILES string of the molecule is Cc1nc(N(C)c2cnn(Cc3ccc(C(F)(F)F)nc3)c2)nc2c1NC(=O)[C@@H](C)N2C. The summed E-state index contributed by atoms with van der Waals surface area (Å²) in [7, 11) is 3.58. The Balaban J connectivity index is 1.55. The lowest BCUT2D eigenvalue weighted by atomic mass is 10.2. The van der Waals surface area contributed by atoms with Gasteiger partial charge in [-0.2, -0.15) is 23.3 Å². The molecule has 1 aliphatic heterocycles. The Morgan fingerprint density at radius 2 is 1.97 bits per heavy atom. The standard InChI is InChI=1S/C20H21F3N8O/c1-11-16-17(29(3)12(2)18(32)27-16)28-19(26-11)30(4)14-8-25-31(10-14)9-13-5-6-15(24-7-13)20(21,22)23/h5-8,10,12H,9H2,1-4H3,(H,27,32)/t12-/m1/s1. The largest absolute Gasteiger partial charge is 0.433 e. The van der Waals surface area contributed by atoms with Crippen molar-refractivity contribution in [2.75, 3.05) is 29.2 Å². The predicted octanol–water partition coefficient (Wildman–Crippen LogP) is 2.99. The summed E-state index contributed by atoms with van der Waals surface area (Å²) in [5.74, 6) is 0.925. The fraction of sp³-hybridized carbons (Fsp3) is 0.350. The number of halogens is 3. The number of amides is 1. The number of nitrogens with zero attached hydrogens (tertiary/aromatic N) is 7. The number of aryl methyl sites for hydroxylation is 1. The normalized spacial score (nSPS) is 16.0. The van der Waals surface area contributed by atoms with E-state index in [4.69, 9.17) is 0 Å². The Bertz CT molecular complexity index is 1160. The van der Waals surface area contributed by atoms with Crippen LogP contribution in [0.3, 0.4) is 0 Å². The van der Waals surface area contributed by atoms with Gasteiger partial charge in [-0.25, -0.2) is 4.98 Å². The van der Waals surface area contributed by atoms with Crippen LogP contribution in [0.25, 0.3) is 0 Å². The van der Waals surface area contributed by atoms with Crippen molar-refractivity contribution < 1.29 is 18.0 Å². The Morgan fingerprint density at radius 1 is 1.22 bits per heavy atom. The minimum Gasteiger partial charge on any atom is -0.346 e. The molecule has 0 spiro atoms. The van der Waals surface area contributed by atoms with Crippen LogP contribution in [0.1, 0.15) is 23.9 Å². The smallest absolute Gasteiger partial charge is 0.346 e. The Kier molecular flexibility index (Phi) is 5.23. The maximum atomic E-state index is 12.7. The fourth-order valence-corrected chi connectivity index (χ4v) is 3.28. The van der Waals surface area contributed by atoms with Crippen LogP contribution < -0.4 is 15.1 Å². The van der Waals surface area contributed by atoms with Gasteiger partial charge < -0.3 is 15.1 Å². The van der Waals surface area contributed by atoms with Gasteiger partial charge in [0.15, 0.2) is 5.82 Å². The van der Waals surface area contributed by atoms with E-state index in [9.17, 15) is 18.0 Å².